The number of carbonyl (C=O) groups excluding carboxylic acids is 1. The first kappa shape index (κ1) is 41.1. The minimum Gasteiger partial charge on any atom is -0.494 e. The maximum Gasteiger partial charge on any atom is 0.315 e. The van der Waals surface area contributed by atoms with Gasteiger partial charge in [-0.05, 0) is 50.2 Å². The molecular weight excluding hydrogens is 723 g/mol. The van der Waals surface area contributed by atoms with Crippen molar-refractivity contribution in [3.8, 4) is 5.88 Å². The average molecular weight is 744 g/mol. The number of benzene rings is 2. The molecule has 2 aromatic heterocycles. The van der Waals surface area contributed by atoms with Crippen LogP contribution in [0.1, 0.15) is 22.8 Å². The fourth-order valence-corrected chi connectivity index (χ4v) is 5.25. The molecule has 1 amide bonds. The Morgan fingerprint density at radius 3 is 2.19 bits per heavy atom. The van der Waals surface area contributed by atoms with Gasteiger partial charge in [-0.25, -0.2) is 0 Å². The first-order valence-electron chi connectivity index (χ1n) is 12.4. The van der Waals surface area contributed by atoms with Crippen molar-refractivity contribution in [2.24, 2.45) is 16.0 Å². The number of halogens is 2. The number of anilines is 4. The summed E-state index contributed by atoms with van der Waals surface area (Å²) in [6.45, 7) is 2.65. The number of aromatic nitrogens is 4. The second-order valence-electron chi connectivity index (χ2n) is 9.06. The first-order chi connectivity index (χ1) is 21.4. The van der Waals surface area contributed by atoms with E-state index in [-0.39, 0.29) is 87.6 Å². The van der Waals surface area contributed by atoms with Crippen molar-refractivity contribution in [2.45, 2.75) is 30.2 Å². The van der Waals surface area contributed by atoms with E-state index in [2.05, 4.69) is 35.8 Å². The van der Waals surface area contributed by atoms with Crippen LogP contribution in [0.3, 0.4) is 0 Å². The predicted molar refractivity (Wildman–Crippen MR) is 171 cm³/mol. The minimum absolute atomic E-state index is 0. The van der Waals surface area contributed by atoms with Crippen LogP contribution >= 0.6 is 11.6 Å². The number of nitrogens with two attached hydrogens (primary N) is 1. The summed E-state index contributed by atoms with van der Waals surface area (Å²) in [5.74, 6) is -2.72. The van der Waals surface area contributed by atoms with Crippen LogP contribution in [-0.4, -0.2) is 116 Å². The molecule has 244 valence electrons. The van der Waals surface area contributed by atoms with E-state index < -0.39 is 82.3 Å². The molecule has 0 aliphatic rings. The van der Waals surface area contributed by atoms with E-state index >= 15 is 0 Å². The van der Waals surface area contributed by atoms with E-state index in [9.17, 15) is 45.0 Å². The van der Waals surface area contributed by atoms with Gasteiger partial charge in [-0.3, -0.25) is 23.3 Å². The number of hydrogen-bond donors (Lipinski definition) is 6. The molecule has 0 saturated heterocycles. The number of nitrogens with zero attached hydrogens (tertiary/aromatic N) is 6. The van der Waals surface area contributed by atoms with Gasteiger partial charge in [0.25, 0.3) is 31.7 Å². The summed E-state index contributed by atoms with van der Waals surface area (Å²) in [5.41, 5.74) is 2.69. The number of pyridine rings is 1. The molecule has 2 heterocycles. The normalized spacial score (nSPS) is 11.5. The van der Waals surface area contributed by atoms with Crippen molar-refractivity contribution in [3.05, 3.63) is 69.0 Å². The quantitative estimate of drug-likeness (QED) is 0.0774. The molecule has 0 unspecified atom stereocenters. The summed E-state index contributed by atoms with van der Waals surface area (Å²) in [5, 5.41) is 22.9. The number of hydrogen-bond acceptors (Lipinski definition) is 14. The number of primary amides is 1. The molecule has 2 aromatic carbocycles. The fraction of sp³-hybridized carbons (Fsp3) is 0.125. The Kier molecular flexibility index (Phi) is 13.8. The average Bonchev–Trinajstić information content (AvgIpc) is 2.92. The van der Waals surface area contributed by atoms with Gasteiger partial charge in [0.2, 0.25) is 17.8 Å². The van der Waals surface area contributed by atoms with E-state index in [1.807, 2.05) is 0 Å². The molecule has 48 heavy (non-hydrogen) atoms. The molecule has 0 fully saturated rings. The van der Waals surface area contributed by atoms with Gasteiger partial charge in [-0.15, -0.1) is 10.2 Å². The Morgan fingerprint density at radius 2 is 1.62 bits per heavy atom. The summed E-state index contributed by atoms with van der Waals surface area (Å²) >= 11 is 6.05. The van der Waals surface area contributed by atoms with Crippen LogP contribution in [0.25, 0.3) is 0 Å². The SMILES string of the molecule is CCn1c(O)c(C(N)=O)c(C)c(N=Nc2cc(Nc3nc(F)nc(Nc4cc(S(=O)(=O)O)ccc4Cl)n3)ccc2S(=O)(=O)O)c1=O.[Na].[Na]. The van der Waals surface area contributed by atoms with Gasteiger partial charge in [-0.2, -0.15) is 36.2 Å². The molecule has 0 atom stereocenters. The maximum absolute atomic E-state index is 14.3. The summed E-state index contributed by atoms with van der Waals surface area (Å²) in [6.07, 6.45) is -1.32. The van der Waals surface area contributed by atoms with Crippen molar-refractivity contribution in [3.63, 3.8) is 0 Å². The third-order valence-electron chi connectivity index (χ3n) is 6.06. The predicted octanol–water partition coefficient (Wildman–Crippen LogP) is 2.59. The third kappa shape index (κ3) is 9.32. The molecule has 4 rings (SSSR count). The topological polar surface area (TPSA) is 282 Å². The largest absolute Gasteiger partial charge is 0.494 e. The molecule has 2 radical (unpaired) electrons. The van der Waals surface area contributed by atoms with Crippen molar-refractivity contribution in [2.75, 3.05) is 10.6 Å². The van der Waals surface area contributed by atoms with E-state index in [1.165, 1.54) is 13.8 Å². The molecule has 0 aliphatic heterocycles. The van der Waals surface area contributed by atoms with E-state index in [0.29, 0.717) is 0 Å². The van der Waals surface area contributed by atoms with Crippen molar-refractivity contribution in [1.29, 1.82) is 0 Å². The number of rotatable bonds is 10. The van der Waals surface area contributed by atoms with E-state index in [0.717, 1.165) is 41.0 Å². The Balaban J connectivity index is 0.00000400. The van der Waals surface area contributed by atoms with Crippen LogP contribution in [0.15, 0.2) is 61.2 Å². The van der Waals surface area contributed by atoms with Gasteiger partial charge in [0.15, 0.2) is 5.69 Å². The fourth-order valence-electron chi connectivity index (χ4n) is 3.98. The van der Waals surface area contributed by atoms with Gasteiger partial charge in [0.1, 0.15) is 16.1 Å². The number of azo groups is 1. The number of amides is 1. The smallest absolute Gasteiger partial charge is 0.315 e. The number of nitrogens with one attached hydrogen (secondary N) is 2. The van der Waals surface area contributed by atoms with E-state index in [1.54, 1.807) is 0 Å². The monoisotopic (exact) mass is 743 g/mol. The Bertz CT molecular complexity index is 2230. The zero-order valence-corrected chi connectivity index (χ0v) is 31.7. The maximum atomic E-state index is 14.3. The van der Waals surface area contributed by atoms with Crippen LogP contribution in [0.2, 0.25) is 5.02 Å². The van der Waals surface area contributed by atoms with Crippen LogP contribution < -0.4 is 21.9 Å². The minimum atomic E-state index is -4.92. The summed E-state index contributed by atoms with van der Waals surface area (Å²) in [4.78, 5) is 34.4. The van der Waals surface area contributed by atoms with Gasteiger partial charge >= 0.3 is 6.08 Å². The van der Waals surface area contributed by atoms with Crippen molar-refractivity contribution >= 4 is 132 Å². The Labute approximate surface area is 320 Å². The molecule has 7 N–H and O–H groups in total. The van der Waals surface area contributed by atoms with Gasteiger partial charge in [0, 0.05) is 76.9 Å². The second kappa shape index (κ2) is 16.1. The van der Waals surface area contributed by atoms with Crippen LogP contribution in [-0.2, 0) is 26.8 Å². The second-order valence-corrected chi connectivity index (χ2v) is 12.3. The summed E-state index contributed by atoms with van der Waals surface area (Å²) < 4.78 is 81.2. The van der Waals surface area contributed by atoms with Crippen LogP contribution in [0, 0.1) is 13.0 Å². The number of carbonyl (C=O) groups is 1. The van der Waals surface area contributed by atoms with Crippen molar-refractivity contribution < 1.29 is 40.2 Å². The molecule has 24 heteroatoms. The zero-order valence-electron chi connectivity index (χ0n) is 25.3. The Morgan fingerprint density at radius 1 is 1.00 bits per heavy atom. The molecule has 0 saturated carbocycles. The standard InChI is InChI=1S/C24H21ClFN9O9S2.2Na/c1-3-35-20(37)17(19(27)36)10(2)18(21(35)38)34-33-15-8-11(4-7-16(15)46(42,43)44)28-23-30-22(26)31-24(32-23)29-14-9-12(45(39,40)41)5-6-13(14)25;;/h4-9,37H,3H2,1-2H3,(H2,27,36)(H,39,40,41)(H,42,43,44)(H2,28,29,30,31,32);;. The molecule has 4 aromatic rings. The summed E-state index contributed by atoms with van der Waals surface area (Å²) in [7, 11) is -9.53. The molecule has 0 bridgehead atoms. The molecule has 0 aliphatic carbocycles. The zero-order chi connectivity index (χ0) is 34.1. The third-order valence-corrected chi connectivity index (χ3v) is 8.14. The first-order valence-corrected chi connectivity index (χ1v) is 15.7. The van der Waals surface area contributed by atoms with Crippen LogP contribution in [0.4, 0.5) is 39.0 Å². The van der Waals surface area contributed by atoms with Gasteiger partial charge in [0.05, 0.1) is 15.6 Å². The van der Waals surface area contributed by atoms with Crippen molar-refractivity contribution in [1.82, 2.24) is 19.5 Å². The summed E-state index contributed by atoms with van der Waals surface area (Å²) in [6, 6.07) is 6.12. The molecule has 18 nitrogen and oxygen atoms in total. The Hall–Kier alpha value is -3.09. The van der Waals surface area contributed by atoms with E-state index in [4.69, 9.17) is 17.3 Å². The van der Waals surface area contributed by atoms with Crippen LogP contribution in [0.5, 0.6) is 5.88 Å². The molecule has 0 spiro atoms. The number of aromatic hydroxyl groups is 1. The molecular formula is C24H21ClFN9Na2O9S2. The van der Waals surface area contributed by atoms with Gasteiger partial charge < -0.3 is 21.5 Å². The van der Waals surface area contributed by atoms with Gasteiger partial charge in [-0.1, -0.05) is 11.6 Å².